The van der Waals surface area contributed by atoms with Crippen LogP contribution in [0.5, 0.6) is 5.75 Å². The number of halogens is 3. The summed E-state index contributed by atoms with van der Waals surface area (Å²) in [6.07, 6.45) is 5.39. The summed E-state index contributed by atoms with van der Waals surface area (Å²) in [5.74, 6) is 1.36. The number of ether oxygens (including phenoxy) is 1. The molecule has 0 radical (unpaired) electrons. The van der Waals surface area contributed by atoms with Crippen molar-refractivity contribution >= 4 is 61.6 Å². The molecule has 12 heteroatoms. The number of aromatic amines is 1. The lowest BCUT2D eigenvalue weighted by molar-refractivity contribution is 0.227. The number of hydrogen-bond acceptors (Lipinski definition) is 7. The van der Waals surface area contributed by atoms with Crippen LogP contribution in [0.2, 0.25) is 10.0 Å². The van der Waals surface area contributed by atoms with Crippen molar-refractivity contribution in [3.63, 3.8) is 0 Å². The Morgan fingerprint density at radius 3 is 2.61 bits per heavy atom. The van der Waals surface area contributed by atoms with Gasteiger partial charge in [0.25, 0.3) is 0 Å². The Morgan fingerprint density at radius 2 is 1.92 bits per heavy atom. The fourth-order valence-electron chi connectivity index (χ4n) is 4.15. The normalized spacial score (nSPS) is 16.9. The van der Waals surface area contributed by atoms with Gasteiger partial charge in [0.15, 0.2) is 11.6 Å². The number of H-pyrrole nitrogens is 1. The van der Waals surface area contributed by atoms with E-state index in [4.69, 9.17) is 27.9 Å². The Hall–Kier alpha value is -3.05. The average Bonchev–Trinajstić information content (AvgIpc) is 3.31. The summed E-state index contributed by atoms with van der Waals surface area (Å²) in [7, 11) is -0.321. The van der Waals surface area contributed by atoms with Crippen LogP contribution in [0.4, 0.5) is 10.2 Å². The van der Waals surface area contributed by atoms with Crippen molar-refractivity contribution < 1.29 is 13.3 Å². The Bertz CT molecular complexity index is 1600. The Labute approximate surface area is 230 Å². The van der Waals surface area contributed by atoms with Gasteiger partial charge < -0.3 is 9.64 Å². The second-order valence-corrected chi connectivity index (χ2v) is 12.4. The number of pyridine rings is 2. The minimum Gasteiger partial charge on any atom is -0.486 e. The van der Waals surface area contributed by atoms with Crippen LogP contribution < -0.4 is 4.74 Å². The van der Waals surface area contributed by atoms with E-state index in [-0.39, 0.29) is 5.69 Å². The zero-order valence-corrected chi connectivity index (χ0v) is 23.0. The number of aromatic nitrogens is 4. The quantitative estimate of drug-likeness (QED) is 0.290. The topological polar surface area (TPSA) is 96.4 Å². The first-order valence-corrected chi connectivity index (χ1v) is 14.5. The third kappa shape index (κ3) is 5.83. The maximum atomic E-state index is 15.3. The Balaban J connectivity index is 1.36. The van der Waals surface area contributed by atoms with E-state index in [0.29, 0.717) is 55.1 Å². The lowest BCUT2D eigenvalue weighted by atomic mass is 10.1. The smallest absolute Gasteiger partial charge is 0.161 e. The molecule has 0 amide bonds. The van der Waals surface area contributed by atoms with Crippen LogP contribution in [0.15, 0.2) is 53.3 Å². The molecule has 0 spiro atoms. The molecular formula is C26H25Cl2FN6O2S. The fourth-order valence-corrected chi connectivity index (χ4v) is 6.85. The first kappa shape index (κ1) is 26.6. The molecule has 0 saturated carbocycles. The molecule has 4 heterocycles. The number of benzene rings is 1. The van der Waals surface area contributed by atoms with Crippen molar-refractivity contribution in [2.75, 3.05) is 31.6 Å². The highest BCUT2D eigenvalue weighted by atomic mass is 35.5. The van der Waals surface area contributed by atoms with E-state index in [1.807, 2.05) is 14.0 Å². The standard InChI is InChI=1S/C26H25Cl2FN6O2S/c1-16(25-20(27)14-30-15-21(25)28)37-18-4-5-23-19(12-18)26(33-32-23)22(29)11-17-3-6-24(31-13-17)34-38(36)9-7-35(2)8-10-38/h3-6,11-16H,7-10H2,1-2H3,(H,32,33)/b22-11-. The summed E-state index contributed by atoms with van der Waals surface area (Å²) < 4.78 is 38.7. The molecule has 4 aromatic rings. The van der Waals surface area contributed by atoms with Gasteiger partial charge in [0.2, 0.25) is 0 Å². The lowest BCUT2D eigenvalue weighted by Crippen LogP contribution is -2.37. The molecule has 1 unspecified atom stereocenters. The maximum absolute atomic E-state index is 15.3. The molecule has 1 fully saturated rings. The van der Waals surface area contributed by atoms with E-state index in [1.54, 1.807) is 30.3 Å². The Kier molecular flexibility index (Phi) is 7.67. The number of nitrogens with one attached hydrogen (secondary N) is 1. The van der Waals surface area contributed by atoms with Crippen LogP contribution in [0.3, 0.4) is 0 Å². The molecule has 38 heavy (non-hydrogen) atoms. The van der Waals surface area contributed by atoms with Gasteiger partial charge in [0, 0.05) is 54.1 Å². The predicted octanol–water partition coefficient (Wildman–Crippen LogP) is 6.31. The van der Waals surface area contributed by atoms with Gasteiger partial charge in [0.1, 0.15) is 17.5 Å². The van der Waals surface area contributed by atoms with E-state index in [0.717, 1.165) is 13.1 Å². The molecule has 1 atom stereocenters. The van der Waals surface area contributed by atoms with Crippen LogP contribution in [-0.2, 0) is 9.73 Å². The largest absolute Gasteiger partial charge is 0.486 e. The third-order valence-corrected chi connectivity index (χ3v) is 9.04. The Morgan fingerprint density at radius 1 is 1.18 bits per heavy atom. The van der Waals surface area contributed by atoms with E-state index in [1.165, 1.54) is 24.7 Å². The van der Waals surface area contributed by atoms with Gasteiger partial charge >= 0.3 is 0 Å². The van der Waals surface area contributed by atoms with Gasteiger partial charge in [-0.05, 0) is 55.9 Å². The second-order valence-electron chi connectivity index (χ2n) is 9.07. The molecule has 1 aliphatic rings. The highest BCUT2D eigenvalue weighted by Crippen LogP contribution is 2.34. The molecule has 1 N–H and O–H groups in total. The summed E-state index contributed by atoms with van der Waals surface area (Å²) in [6, 6.07) is 8.57. The van der Waals surface area contributed by atoms with Gasteiger partial charge in [-0.2, -0.15) is 9.46 Å². The fraction of sp³-hybridized carbons (Fsp3) is 0.269. The zero-order chi connectivity index (χ0) is 26.9. The third-order valence-electron chi connectivity index (χ3n) is 6.28. The first-order chi connectivity index (χ1) is 18.2. The van der Waals surface area contributed by atoms with Crippen LogP contribution in [0.25, 0.3) is 22.8 Å². The lowest BCUT2D eigenvalue weighted by Gasteiger charge is -2.24. The van der Waals surface area contributed by atoms with Gasteiger partial charge in [-0.3, -0.25) is 10.1 Å². The summed E-state index contributed by atoms with van der Waals surface area (Å²) in [6.45, 7) is 3.30. The van der Waals surface area contributed by atoms with Gasteiger partial charge in [-0.25, -0.2) is 13.6 Å². The number of rotatable bonds is 6. The molecule has 3 aromatic heterocycles. The molecule has 0 aliphatic carbocycles. The minimum absolute atomic E-state index is 0.140. The monoisotopic (exact) mass is 574 g/mol. The van der Waals surface area contributed by atoms with E-state index in [2.05, 4.69) is 29.4 Å². The molecule has 1 aromatic carbocycles. The van der Waals surface area contributed by atoms with Gasteiger partial charge in [0.05, 0.1) is 25.3 Å². The molecule has 1 aliphatic heterocycles. The zero-order valence-electron chi connectivity index (χ0n) is 20.7. The predicted molar refractivity (Wildman–Crippen MR) is 150 cm³/mol. The van der Waals surface area contributed by atoms with Crippen molar-refractivity contribution in [2.24, 2.45) is 4.36 Å². The number of fused-ring (bicyclic) bond motifs is 1. The van der Waals surface area contributed by atoms with Crippen molar-refractivity contribution in [3.05, 3.63) is 75.8 Å². The van der Waals surface area contributed by atoms with Crippen molar-refractivity contribution in [1.82, 2.24) is 25.1 Å². The molecule has 198 valence electrons. The maximum Gasteiger partial charge on any atom is 0.161 e. The molecule has 8 nitrogen and oxygen atoms in total. The van der Waals surface area contributed by atoms with Crippen LogP contribution in [0, 0.1) is 0 Å². The minimum atomic E-state index is -2.32. The molecule has 1 saturated heterocycles. The van der Waals surface area contributed by atoms with Crippen molar-refractivity contribution in [3.8, 4) is 5.75 Å². The summed E-state index contributed by atoms with van der Waals surface area (Å²) >= 11 is 12.5. The van der Waals surface area contributed by atoms with Crippen molar-refractivity contribution in [2.45, 2.75) is 13.0 Å². The number of nitrogens with zero attached hydrogens (tertiary/aromatic N) is 5. The van der Waals surface area contributed by atoms with Crippen LogP contribution in [-0.4, -0.2) is 60.9 Å². The molecule has 5 rings (SSSR count). The molecular weight excluding hydrogens is 550 g/mol. The van der Waals surface area contributed by atoms with Gasteiger partial charge in [-0.15, -0.1) is 0 Å². The van der Waals surface area contributed by atoms with E-state index < -0.39 is 21.7 Å². The summed E-state index contributed by atoms with van der Waals surface area (Å²) in [5.41, 5.74) is 1.93. The van der Waals surface area contributed by atoms with Crippen LogP contribution in [0.1, 0.15) is 29.8 Å². The van der Waals surface area contributed by atoms with E-state index >= 15 is 4.39 Å². The summed E-state index contributed by atoms with van der Waals surface area (Å²) in [5, 5.41) is 8.34. The highest BCUT2D eigenvalue weighted by Gasteiger charge is 2.19. The van der Waals surface area contributed by atoms with Gasteiger partial charge in [-0.1, -0.05) is 23.2 Å². The number of hydrogen-bond donors (Lipinski definition) is 1. The average molecular weight is 575 g/mol. The first-order valence-electron chi connectivity index (χ1n) is 11.9. The van der Waals surface area contributed by atoms with Crippen molar-refractivity contribution in [1.29, 1.82) is 0 Å². The molecule has 0 bridgehead atoms. The second kappa shape index (κ2) is 11.0. The van der Waals surface area contributed by atoms with E-state index in [9.17, 15) is 4.21 Å². The van der Waals surface area contributed by atoms with Crippen LogP contribution >= 0.6 is 23.2 Å². The SMILES string of the molecule is CC(Oc1ccc2[nH]nc(/C(F)=C/c3ccc(N=S4(=O)CCN(C)CC4)nc3)c2c1)c1c(Cl)cncc1Cl. The summed E-state index contributed by atoms with van der Waals surface area (Å²) in [4.78, 5) is 10.4. The highest BCUT2D eigenvalue weighted by molar-refractivity contribution is 7.93.